The van der Waals surface area contributed by atoms with Crippen molar-refractivity contribution in [2.24, 2.45) is 5.92 Å². The van der Waals surface area contributed by atoms with Gasteiger partial charge in [-0.25, -0.2) is 0 Å². The summed E-state index contributed by atoms with van der Waals surface area (Å²) in [5.41, 5.74) is 1.99. The SMILES string of the molecule is COC1=C(OC)C2Oc3c(OC)ccc4c3C23CCN(C)C(C4)C3C1=O. The lowest BCUT2D eigenvalue weighted by Crippen LogP contribution is -2.66. The van der Waals surface area contributed by atoms with Crippen molar-refractivity contribution in [1.82, 2.24) is 4.90 Å². The van der Waals surface area contributed by atoms with E-state index in [4.69, 9.17) is 18.9 Å². The molecule has 0 radical (unpaired) electrons. The number of nitrogens with zero attached hydrogens (tertiary/aromatic N) is 1. The van der Waals surface area contributed by atoms with Crippen LogP contribution in [0.4, 0.5) is 0 Å². The summed E-state index contributed by atoms with van der Waals surface area (Å²) in [6.07, 6.45) is 1.32. The highest BCUT2D eigenvalue weighted by atomic mass is 16.6. The zero-order chi connectivity index (χ0) is 18.2. The number of piperidine rings is 1. The standard InChI is InChI=1S/C20H23NO5/c1-21-8-7-20-13-10-5-6-12(23-2)16(13)26-19(20)18(25-4)17(24-3)15(22)14(20)11(21)9-10/h5-6,11,14,19H,7-9H2,1-4H3. The quantitative estimate of drug-likeness (QED) is 0.820. The van der Waals surface area contributed by atoms with Crippen LogP contribution in [-0.4, -0.2) is 57.8 Å². The summed E-state index contributed by atoms with van der Waals surface area (Å²) in [5, 5.41) is 0. The average molecular weight is 357 g/mol. The van der Waals surface area contributed by atoms with Crippen LogP contribution in [-0.2, 0) is 26.1 Å². The van der Waals surface area contributed by atoms with Gasteiger partial charge in [0.1, 0.15) is 0 Å². The van der Waals surface area contributed by atoms with E-state index in [0.29, 0.717) is 17.3 Å². The molecule has 0 amide bonds. The molecule has 1 fully saturated rings. The summed E-state index contributed by atoms with van der Waals surface area (Å²) in [6, 6.07) is 4.23. The van der Waals surface area contributed by atoms with Crippen molar-refractivity contribution in [3.05, 3.63) is 34.8 Å². The summed E-state index contributed by atoms with van der Waals surface area (Å²) in [4.78, 5) is 15.8. The lowest BCUT2D eigenvalue weighted by molar-refractivity contribution is -0.137. The van der Waals surface area contributed by atoms with Gasteiger partial charge in [-0.05, 0) is 38.1 Å². The van der Waals surface area contributed by atoms with E-state index in [1.54, 1.807) is 14.2 Å². The maximum Gasteiger partial charge on any atom is 0.206 e. The summed E-state index contributed by atoms with van der Waals surface area (Å²) < 4.78 is 23.2. The van der Waals surface area contributed by atoms with E-state index in [-0.39, 0.29) is 23.8 Å². The number of ketones is 1. The number of hydrogen-bond donors (Lipinski definition) is 0. The first-order valence-electron chi connectivity index (χ1n) is 9.02. The Morgan fingerprint density at radius 3 is 2.69 bits per heavy atom. The summed E-state index contributed by atoms with van der Waals surface area (Å²) >= 11 is 0. The van der Waals surface area contributed by atoms with Crippen molar-refractivity contribution >= 4 is 5.78 Å². The third-order valence-electron chi connectivity index (χ3n) is 6.80. The highest BCUT2D eigenvalue weighted by Crippen LogP contribution is 2.63. The van der Waals surface area contributed by atoms with Crippen LogP contribution in [0.1, 0.15) is 17.5 Å². The van der Waals surface area contributed by atoms with E-state index in [2.05, 4.69) is 18.0 Å². The fraction of sp³-hybridized carbons (Fsp3) is 0.550. The summed E-state index contributed by atoms with van der Waals surface area (Å²) in [7, 11) is 6.86. The minimum Gasteiger partial charge on any atom is -0.493 e. The molecule has 2 bridgehead atoms. The molecule has 0 saturated carbocycles. The zero-order valence-corrected chi connectivity index (χ0v) is 15.5. The molecule has 1 aromatic carbocycles. The van der Waals surface area contributed by atoms with Gasteiger partial charge in [-0.15, -0.1) is 0 Å². The number of likely N-dealkylation sites (N-methyl/N-ethyl adjacent to an activating group) is 1. The van der Waals surface area contributed by atoms with Crippen LogP contribution in [0.3, 0.4) is 0 Å². The molecular formula is C20H23NO5. The number of ether oxygens (including phenoxy) is 4. The van der Waals surface area contributed by atoms with E-state index in [9.17, 15) is 4.79 Å². The van der Waals surface area contributed by atoms with Crippen LogP contribution in [0, 0.1) is 5.92 Å². The van der Waals surface area contributed by atoms with Gasteiger partial charge in [0.2, 0.25) is 11.5 Å². The molecule has 26 heavy (non-hydrogen) atoms. The number of benzene rings is 1. The largest absolute Gasteiger partial charge is 0.493 e. The number of carbonyl (C=O) groups is 1. The Balaban J connectivity index is 1.85. The molecule has 4 atom stereocenters. The lowest BCUT2D eigenvalue weighted by Gasteiger charge is -2.56. The second-order valence-corrected chi connectivity index (χ2v) is 7.61. The molecule has 2 aliphatic carbocycles. The topological polar surface area (TPSA) is 57.2 Å². The van der Waals surface area contributed by atoms with Crippen molar-refractivity contribution in [3.63, 3.8) is 0 Å². The highest BCUT2D eigenvalue weighted by molar-refractivity contribution is 6.00. The van der Waals surface area contributed by atoms with E-state index < -0.39 is 5.41 Å². The molecule has 1 saturated heterocycles. The van der Waals surface area contributed by atoms with Crippen molar-refractivity contribution in [3.8, 4) is 11.5 Å². The lowest BCUT2D eigenvalue weighted by atomic mass is 9.52. The molecule has 6 nitrogen and oxygen atoms in total. The van der Waals surface area contributed by atoms with Gasteiger partial charge in [0.25, 0.3) is 0 Å². The first kappa shape index (κ1) is 16.0. The van der Waals surface area contributed by atoms with Crippen molar-refractivity contribution < 1.29 is 23.7 Å². The van der Waals surface area contributed by atoms with Gasteiger partial charge in [0, 0.05) is 11.6 Å². The molecule has 4 unspecified atom stereocenters. The Bertz CT molecular complexity index is 847. The van der Waals surface area contributed by atoms with Crippen LogP contribution in [0.15, 0.2) is 23.7 Å². The number of rotatable bonds is 3. The predicted molar refractivity (Wildman–Crippen MR) is 93.4 cm³/mol. The first-order valence-corrected chi connectivity index (χ1v) is 9.02. The monoisotopic (exact) mass is 357 g/mol. The summed E-state index contributed by atoms with van der Waals surface area (Å²) in [5.74, 6) is 2.12. The van der Waals surface area contributed by atoms with Crippen LogP contribution in [0.5, 0.6) is 11.5 Å². The van der Waals surface area contributed by atoms with E-state index in [1.807, 2.05) is 6.07 Å². The van der Waals surface area contributed by atoms with Crippen LogP contribution >= 0.6 is 0 Å². The molecule has 1 spiro atoms. The van der Waals surface area contributed by atoms with Gasteiger partial charge in [0.15, 0.2) is 23.4 Å². The number of methoxy groups -OCH3 is 3. The van der Waals surface area contributed by atoms with Gasteiger partial charge in [0.05, 0.1) is 32.7 Å². The average Bonchev–Trinajstić information content (AvgIpc) is 2.99. The Kier molecular flexibility index (Phi) is 3.18. The van der Waals surface area contributed by atoms with Crippen molar-refractivity contribution in [2.45, 2.75) is 30.4 Å². The van der Waals surface area contributed by atoms with Gasteiger partial charge in [-0.3, -0.25) is 4.79 Å². The molecular weight excluding hydrogens is 334 g/mol. The number of hydrogen-bond acceptors (Lipinski definition) is 6. The molecule has 6 heteroatoms. The van der Waals surface area contributed by atoms with Crippen LogP contribution in [0.2, 0.25) is 0 Å². The number of allylic oxidation sites excluding steroid dienone is 1. The van der Waals surface area contributed by atoms with Crippen molar-refractivity contribution in [1.29, 1.82) is 0 Å². The maximum atomic E-state index is 13.5. The third-order valence-corrected chi connectivity index (χ3v) is 6.80. The highest BCUT2D eigenvalue weighted by Gasteiger charge is 2.69. The Labute approximate surface area is 152 Å². The molecule has 138 valence electrons. The predicted octanol–water partition coefficient (Wildman–Crippen LogP) is 1.66. The Hall–Kier alpha value is -2.21. The first-order chi connectivity index (χ1) is 12.6. The number of likely N-dealkylation sites (tertiary alicyclic amines) is 1. The fourth-order valence-corrected chi connectivity index (χ4v) is 5.75. The van der Waals surface area contributed by atoms with Gasteiger partial charge in [-0.2, -0.15) is 0 Å². The van der Waals surface area contributed by atoms with Gasteiger partial charge >= 0.3 is 0 Å². The van der Waals surface area contributed by atoms with Crippen molar-refractivity contribution in [2.75, 3.05) is 34.9 Å². The van der Waals surface area contributed by atoms with Gasteiger partial charge < -0.3 is 23.8 Å². The molecule has 2 aliphatic heterocycles. The third kappa shape index (κ3) is 1.60. The smallest absolute Gasteiger partial charge is 0.206 e. The van der Waals surface area contributed by atoms with Crippen LogP contribution < -0.4 is 9.47 Å². The molecule has 4 aliphatic rings. The maximum absolute atomic E-state index is 13.5. The molecule has 0 aromatic heterocycles. The fourth-order valence-electron chi connectivity index (χ4n) is 5.75. The summed E-state index contributed by atoms with van der Waals surface area (Å²) in [6.45, 7) is 0.920. The zero-order valence-electron chi connectivity index (χ0n) is 15.5. The molecule has 2 heterocycles. The second-order valence-electron chi connectivity index (χ2n) is 7.61. The van der Waals surface area contributed by atoms with E-state index in [0.717, 1.165) is 30.7 Å². The number of Topliss-reactive ketones (excluding diaryl/α,β-unsaturated/α-hetero) is 1. The van der Waals surface area contributed by atoms with Gasteiger partial charge in [-0.1, -0.05) is 6.07 Å². The second kappa shape index (κ2) is 5.16. The normalized spacial score (nSPS) is 34.3. The minimum absolute atomic E-state index is 0.0297. The Morgan fingerprint density at radius 2 is 2.00 bits per heavy atom. The van der Waals surface area contributed by atoms with Crippen LogP contribution in [0.25, 0.3) is 0 Å². The molecule has 1 aromatic rings. The van der Waals surface area contributed by atoms with E-state index >= 15 is 0 Å². The molecule has 5 rings (SSSR count). The van der Waals surface area contributed by atoms with E-state index in [1.165, 1.54) is 12.7 Å². The Morgan fingerprint density at radius 1 is 1.19 bits per heavy atom. The minimum atomic E-state index is -0.404. The molecule has 0 N–H and O–H groups in total. The number of carbonyl (C=O) groups excluding carboxylic acids is 1.